The van der Waals surface area contributed by atoms with Crippen molar-refractivity contribution in [2.75, 3.05) is 26.2 Å². The third kappa shape index (κ3) is 5.89. The largest absolute Gasteiger partial charge is 0.303 e. The van der Waals surface area contributed by atoms with Crippen molar-refractivity contribution in [3.63, 3.8) is 0 Å². The van der Waals surface area contributed by atoms with Crippen molar-refractivity contribution in [2.24, 2.45) is 5.92 Å². The minimum Gasteiger partial charge on any atom is -0.303 e. The van der Waals surface area contributed by atoms with Crippen LogP contribution in [0.3, 0.4) is 0 Å². The van der Waals surface area contributed by atoms with E-state index >= 15 is 0 Å². The zero-order chi connectivity index (χ0) is 26.0. The molecule has 37 heavy (non-hydrogen) atoms. The molecule has 0 bridgehead atoms. The van der Waals surface area contributed by atoms with Crippen LogP contribution in [0.25, 0.3) is 11.1 Å². The first-order valence-corrected chi connectivity index (χ1v) is 14.4. The van der Waals surface area contributed by atoms with Crippen LogP contribution < -0.4 is 4.72 Å². The molecule has 1 saturated heterocycles. The van der Waals surface area contributed by atoms with Crippen molar-refractivity contribution in [3.8, 4) is 17.2 Å². The quantitative estimate of drug-likeness (QED) is 0.397. The molecular weight excluding hydrogens is 509 g/mol. The molecule has 5 rings (SSSR count). The average molecular weight is 538 g/mol. The number of likely N-dealkylation sites (tertiary alicyclic amines) is 1. The summed E-state index contributed by atoms with van der Waals surface area (Å²) in [5.74, 6) is 0.151. The van der Waals surface area contributed by atoms with Crippen LogP contribution in [0.5, 0.6) is 0 Å². The van der Waals surface area contributed by atoms with Crippen LogP contribution in [0, 0.1) is 23.1 Å². The normalized spacial score (nSPS) is 17.9. The zero-order valence-corrected chi connectivity index (χ0v) is 22.0. The Bertz CT molecular complexity index is 1420. The number of halogens is 2. The first-order chi connectivity index (χ1) is 17.8. The second-order valence-corrected chi connectivity index (χ2v) is 12.4. The monoisotopic (exact) mass is 537 g/mol. The first-order valence-electron chi connectivity index (χ1n) is 12.6. The highest BCUT2D eigenvalue weighted by Gasteiger charge is 2.38. The summed E-state index contributed by atoms with van der Waals surface area (Å²) in [5.41, 5.74) is 3.29. The summed E-state index contributed by atoms with van der Waals surface area (Å²) in [6, 6.07) is 21.4. The lowest BCUT2D eigenvalue weighted by Crippen LogP contribution is -2.49. The van der Waals surface area contributed by atoms with Gasteiger partial charge in [-0.05, 0) is 91.7 Å². The second kappa shape index (κ2) is 10.5. The van der Waals surface area contributed by atoms with Gasteiger partial charge in [0, 0.05) is 18.5 Å². The number of nitriles is 1. The number of hydrogen-bond acceptors (Lipinski definition) is 4. The number of benzene rings is 3. The second-order valence-electron chi connectivity index (χ2n) is 10.2. The summed E-state index contributed by atoms with van der Waals surface area (Å²) in [5, 5.41) is 9.02. The third-order valence-electron chi connectivity index (χ3n) is 7.65. The fourth-order valence-corrected chi connectivity index (χ4v) is 6.54. The maximum atomic E-state index is 13.6. The minimum absolute atomic E-state index is 0.0482. The van der Waals surface area contributed by atoms with Crippen LogP contribution >= 0.6 is 11.6 Å². The highest BCUT2D eigenvalue weighted by atomic mass is 35.5. The standard InChI is InChI=1S/C29H29ClFN3O2S/c30-27-17-26(10-11-28(27)31)37(35,36)33-20-29(12-14-34(15-13-29)19-21-4-5-21)25-8-6-23(7-9-25)24-3-1-2-22(16-24)18-32/h1-3,6-11,16-17,21,33H,4-5,12-15,19-20H2. The van der Waals surface area contributed by atoms with Crippen LogP contribution in [-0.2, 0) is 15.4 Å². The van der Waals surface area contributed by atoms with Crippen LogP contribution in [-0.4, -0.2) is 39.5 Å². The Kier molecular flexibility index (Phi) is 7.37. The summed E-state index contributed by atoms with van der Waals surface area (Å²) >= 11 is 5.85. The maximum absolute atomic E-state index is 13.6. The summed E-state index contributed by atoms with van der Waals surface area (Å²) in [7, 11) is -3.87. The molecule has 0 spiro atoms. The molecule has 192 valence electrons. The van der Waals surface area contributed by atoms with Crippen molar-refractivity contribution in [1.29, 1.82) is 5.26 Å². The van der Waals surface area contributed by atoms with Crippen LogP contribution in [0.1, 0.15) is 36.8 Å². The highest BCUT2D eigenvalue weighted by Crippen LogP contribution is 2.38. The lowest BCUT2D eigenvalue weighted by atomic mass is 9.72. The van der Waals surface area contributed by atoms with Crippen molar-refractivity contribution in [1.82, 2.24) is 9.62 Å². The Labute approximate surface area is 222 Å². The summed E-state index contributed by atoms with van der Waals surface area (Å²) in [4.78, 5) is 2.44. The summed E-state index contributed by atoms with van der Waals surface area (Å²) < 4.78 is 42.6. The van der Waals surface area contributed by atoms with E-state index in [9.17, 15) is 18.1 Å². The minimum atomic E-state index is -3.87. The smallest absolute Gasteiger partial charge is 0.240 e. The molecule has 0 radical (unpaired) electrons. The Morgan fingerprint density at radius 2 is 1.76 bits per heavy atom. The van der Waals surface area contributed by atoms with Crippen LogP contribution in [0.2, 0.25) is 5.02 Å². The number of hydrogen-bond donors (Lipinski definition) is 1. The van der Waals surface area contributed by atoms with Gasteiger partial charge in [-0.1, -0.05) is 48.0 Å². The van der Waals surface area contributed by atoms with Crippen molar-refractivity contribution in [2.45, 2.75) is 36.0 Å². The van der Waals surface area contributed by atoms with E-state index in [0.29, 0.717) is 5.56 Å². The molecular formula is C29H29ClFN3O2S. The highest BCUT2D eigenvalue weighted by molar-refractivity contribution is 7.89. The molecule has 1 saturated carbocycles. The molecule has 5 nitrogen and oxygen atoms in total. The molecule has 0 unspecified atom stereocenters. The number of piperidine rings is 1. The van der Waals surface area contributed by atoms with E-state index < -0.39 is 15.8 Å². The van der Waals surface area contributed by atoms with Crippen LogP contribution in [0.15, 0.2) is 71.6 Å². The molecule has 1 aliphatic carbocycles. The lowest BCUT2D eigenvalue weighted by molar-refractivity contribution is 0.154. The van der Waals surface area contributed by atoms with Gasteiger partial charge in [0.1, 0.15) is 5.82 Å². The molecule has 3 aromatic rings. The molecule has 1 N–H and O–H groups in total. The summed E-state index contributed by atoms with van der Waals surface area (Å²) in [6.07, 6.45) is 4.26. The molecule has 2 fully saturated rings. The SMILES string of the molecule is N#Cc1cccc(-c2ccc(C3(CNS(=O)(=O)c4ccc(F)c(Cl)c4)CCN(CC4CC4)CC3)cc2)c1. The molecule has 1 heterocycles. The maximum Gasteiger partial charge on any atom is 0.240 e. The van der Waals surface area contributed by atoms with Gasteiger partial charge in [-0.3, -0.25) is 0 Å². The molecule has 8 heteroatoms. The van der Waals surface area contributed by atoms with E-state index in [1.165, 1.54) is 18.9 Å². The van der Waals surface area contributed by atoms with Crippen LogP contribution in [0.4, 0.5) is 4.39 Å². The van der Waals surface area contributed by atoms with Gasteiger partial charge in [-0.2, -0.15) is 5.26 Å². The van der Waals surface area contributed by atoms with Gasteiger partial charge in [-0.15, -0.1) is 0 Å². The molecule has 0 atom stereocenters. The molecule has 1 aliphatic heterocycles. The van der Waals surface area contributed by atoms with Gasteiger partial charge in [0.25, 0.3) is 0 Å². The predicted molar refractivity (Wildman–Crippen MR) is 143 cm³/mol. The van der Waals surface area contributed by atoms with E-state index in [4.69, 9.17) is 11.6 Å². The molecule has 0 aromatic heterocycles. The fourth-order valence-electron chi connectivity index (χ4n) is 5.14. The first kappa shape index (κ1) is 25.9. The van der Waals surface area contributed by atoms with Gasteiger partial charge in [-0.25, -0.2) is 17.5 Å². The van der Waals surface area contributed by atoms with E-state index in [2.05, 4.69) is 27.8 Å². The molecule has 3 aromatic carbocycles. The Morgan fingerprint density at radius 1 is 1.03 bits per heavy atom. The number of nitrogens with one attached hydrogen (secondary N) is 1. The summed E-state index contributed by atoms with van der Waals surface area (Å²) in [6.45, 7) is 3.17. The number of sulfonamides is 1. The van der Waals surface area contributed by atoms with Crippen molar-refractivity contribution in [3.05, 3.63) is 88.7 Å². The zero-order valence-electron chi connectivity index (χ0n) is 20.5. The van der Waals surface area contributed by atoms with E-state index in [1.807, 2.05) is 30.3 Å². The van der Waals surface area contributed by atoms with Gasteiger partial charge in [0.15, 0.2) is 0 Å². The predicted octanol–water partition coefficient (Wildman–Crippen LogP) is 5.74. The van der Waals surface area contributed by atoms with Gasteiger partial charge < -0.3 is 4.90 Å². The topological polar surface area (TPSA) is 73.2 Å². The number of nitrogens with zero attached hydrogens (tertiary/aromatic N) is 2. The lowest BCUT2D eigenvalue weighted by Gasteiger charge is -2.42. The van der Waals surface area contributed by atoms with Crippen molar-refractivity contribution < 1.29 is 12.8 Å². The van der Waals surface area contributed by atoms with Gasteiger partial charge in [0.2, 0.25) is 10.0 Å². The average Bonchev–Trinajstić information content (AvgIpc) is 3.74. The van der Waals surface area contributed by atoms with Crippen molar-refractivity contribution >= 4 is 21.6 Å². The molecule has 2 aliphatic rings. The Hall–Kier alpha value is -2.76. The van der Waals surface area contributed by atoms with Gasteiger partial charge in [0.05, 0.1) is 21.6 Å². The Morgan fingerprint density at radius 3 is 2.41 bits per heavy atom. The van der Waals surface area contributed by atoms with Gasteiger partial charge >= 0.3 is 0 Å². The number of rotatable bonds is 8. The third-order valence-corrected chi connectivity index (χ3v) is 9.34. The Balaban J connectivity index is 1.40. The van der Waals surface area contributed by atoms with E-state index in [-0.39, 0.29) is 21.9 Å². The fraction of sp³-hybridized carbons (Fsp3) is 0.345. The molecule has 0 amide bonds. The van der Waals surface area contributed by atoms with E-state index in [0.717, 1.165) is 67.2 Å². The van der Waals surface area contributed by atoms with E-state index in [1.54, 1.807) is 6.07 Å².